The van der Waals surface area contributed by atoms with Gasteiger partial charge in [0.1, 0.15) is 5.82 Å². The fourth-order valence-corrected chi connectivity index (χ4v) is 2.54. The first-order chi connectivity index (χ1) is 12.9. The van der Waals surface area contributed by atoms with Gasteiger partial charge in [-0.2, -0.15) is 26.3 Å². The largest absolute Gasteiger partial charge is 0.434 e. The van der Waals surface area contributed by atoms with Crippen molar-refractivity contribution in [1.82, 2.24) is 9.88 Å². The van der Waals surface area contributed by atoms with Crippen molar-refractivity contribution >= 4 is 17.8 Å². The molecule has 13 heteroatoms. The van der Waals surface area contributed by atoms with Crippen molar-refractivity contribution in [2.45, 2.75) is 37.3 Å². The number of hydrogen-bond donors (Lipinski definition) is 2. The number of pyridine rings is 1. The maximum absolute atomic E-state index is 12.5. The van der Waals surface area contributed by atoms with Crippen molar-refractivity contribution in [2.24, 2.45) is 5.73 Å². The van der Waals surface area contributed by atoms with Crippen LogP contribution in [0.4, 0.5) is 37.0 Å². The molecular weight excluding hydrogens is 398 g/mol. The molecule has 0 atom stereocenters. The number of hydrogen-bond acceptors (Lipinski definition) is 5. The number of aromatic nitrogens is 1. The highest BCUT2D eigenvalue weighted by Crippen LogP contribution is 2.36. The number of nitrogens with one attached hydrogen (secondary N) is 1. The summed E-state index contributed by atoms with van der Waals surface area (Å²) in [7, 11) is 0. The van der Waals surface area contributed by atoms with Crippen LogP contribution in [0.15, 0.2) is 18.3 Å². The fraction of sp³-hybridized carbons (Fsp3) is 0.533. The molecular formula is C15H16F6N4O3. The number of piperidine rings is 1. The van der Waals surface area contributed by atoms with E-state index in [1.165, 1.54) is 18.3 Å². The lowest BCUT2D eigenvalue weighted by Crippen LogP contribution is -2.50. The van der Waals surface area contributed by atoms with Crippen LogP contribution in [0.25, 0.3) is 0 Å². The van der Waals surface area contributed by atoms with Gasteiger partial charge in [0.05, 0.1) is 5.56 Å². The Labute approximate surface area is 154 Å². The Bertz CT molecular complexity index is 685. The Morgan fingerprint density at radius 3 is 2.14 bits per heavy atom. The Morgan fingerprint density at radius 2 is 1.71 bits per heavy atom. The normalized spacial score (nSPS) is 16.2. The molecule has 0 aromatic carbocycles. The number of nitrogens with zero attached hydrogens (tertiary/aromatic N) is 2. The molecule has 0 aliphatic carbocycles. The first-order valence-electron chi connectivity index (χ1n) is 7.99. The number of halogens is 6. The number of anilines is 1. The van der Waals surface area contributed by atoms with Crippen molar-refractivity contribution in [3.05, 3.63) is 23.9 Å². The van der Waals surface area contributed by atoms with E-state index in [-0.39, 0.29) is 37.5 Å². The van der Waals surface area contributed by atoms with Crippen LogP contribution in [0, 0.1) is 0 Å². The molecule has 0 radical (unpaired) electrons. The zero-order chi connectivity index (χ0) is 21.1. The lowest BCUT2D eigenvalue weighted by molar-refractivity contribution is -0.308. The molecule has 0 unspecified atom stereocenters. The molecule has 1 saturated heterocycles. The van der Waals surface area contributed by atoms with Crippen molar-refractivity contribution < 1.29 is 40.7 Å². The van der Waals surface area contributed by atoms with Gasteiger partial charge in [0.2, 0.25) is 5.91 Å². The lowest BCUT2D eigenvalue weighted by Gasteiger charge is -2.33. The topological polar surface area (TPSA) is 97.6 Å². The summed E-state index contributed by atoms with van der Waals surface area (Å²) in [4.78, 5) is 27.4. The highest BCUT2D eigenvalue weighted by atomic mass is 19.4. The Hall–Kier alpha value is -2.73. The second-order valence-electron chi connectivity index (χ2n) is 6.05. The van der Waals surface area contributed by atoms with Crippen LogP contribution in [-0.2, 0) is 4.74 Å². The molecule has 2 heterocycles. The summed E-state index contributed by atoms with van der Waals surface area (Å²) < 4.78 is 78.5. The first kappa shape index (κ1) is 21.6. The Morgan fingerprint density at radius 1 is 1.14 bits per heavy atom. The number of likely N-dealkylation sites (tertiary alicyclic amines) is 1. The Balaban J connectivity index is 1.88. The molecule has 0 spiro atoms. The standard InChI is InChI=1S/C15H16F6N4O3/c16-14(17,18)12(15(19,20)21)28-13(27)25-5-3-9(4-6-25)24-10-2-1-8(7-23-10)11(22)26/h1-2,7,9,12H,3-6H2,(H2,22,26)(H,23,24). The van der Waals surface area contributed by atoms with Crippen LogP contribution < -0.4 is 11.1 Å². The number of nitrogens with two attached hydrogens (primary N) is 1. The van der Waals surface area contributed by atoms with E-state index >= 15 is 0 Å². The summed E-state index contributed by atoms with van der Waals surface area (Å²) >= 11 is 0. The van der Waals surface area contributed by atoms with Gasteiger partial charge in [0.25, 0.3) is 6.10 Å². The van der Waals surface area contributed by atoms with Gasteiger partial charge in [-0.3, -0.25) is 4.79 Å². The minimum absolute atomic E-state index is 0.0989. The fourth-order valence-electron chi connectivity index (χ4n) is 2.54. The van der Waals surface area contributed by atoms with Crippen molar-refractivity contribution in [3.8, 4) is 0 Å². The van der Waals surface area contributed by atoms with Crippen LogP contribution in [-0.4, -0.2) is 59.5 Å². The van der Waals surface area contributed by atoms with E-state index in [1.807, 2.05) is 0 Å². The number of rotatable bonds is 4. The van der Waals surface area contributed by atoms with Gasteiger partial charge in [-0.1, -0.05) is 0 Å². The molecule has 1 aromatic rings. The maximum atomic E-state index is 12.5. The van der Waals surface area contributed by atoms with E-state index in [9.17, 15) is 35.9 Å². The minimum atomic E-state index is -5.75. The molecule has 0 bridgehead atoms. The summed E-state index contributed by atoms with van der Waals surface area (Å²) in [5.41, 5.74) is 5.29. The number of carbonyl (C=O) groups is 2. The molecule has 1 aliphatic rings. The van der Waals surface area contributed by atoms with E-state index in [4.69, 9.17) is 5.73 Å². The third kappa shape index (κ3) is 5.63. The highest BCUT2D eigenvalue weighted by molar-refractivity contribution is 5.92. The van der Waals surface area contributed by atoms with Gasteiger partial charge in [0.15, 0.2) is 0 Å². The molecule has 1 aliphatic heterocycles. The maximum Gasteiger partial charge on any atom is 0.434 e. The van der Waals surface area contributed by atoms with E-state index < -0.39 is 30.5 Å². The first-order valence-corrected chi connectivity index (χ1v) is 7.99. The number of primary amides is 1. The van der Waals surface area contributed by atoms with E-state index in [0.29, 0.717) is 5.82 Å². The van der Waals surface area contributed by atoms with Crippen LogP contribution in [0.2, 0.25) is 0 Å². The molecule has 1 fully saturated rings. The summed E-state index contributed by atoms with van der Waals surface area (Å²) in [6.07, 6.45) is -15.6. The zero-order valence-corrected chi connectivity index (χ0v) is 14.2. The molecule has 2 amide bonds. The Kier molecular flexibility index (Phi) is 6.24. The highest BCUT2D eigenvalue weighted by Gasteiger charge is 2.60. The summed E-state index contributed by atoms with van der Waals surface area (Å²) in [5, 5.41) is 2.99. The van der Waals surface area contributed by atoms with Gasteiger partial charge in [0, 0.05) is 25.3 Å². The predicted octanol–water partition coefficient (Wildman–Crippen LogP) is 2.69. The number of ether oxygens (including phenoxy) is 1. The summed E-state index contributed by atoms with van der Waals surface area (Å²) in [5.74, 6) is -0.248. The van der Waals surface area contributed by atoms with Crippen LogP contribution in [0.3, 0.4) is 0 Å². The van der Waals surface area contributed by atoms with Crippen LogP contribution in [0.5, 0.6) is 0 Å². The quantitative estimate of drug-likeness (QED) is 0.739. The van der Waals surface area contributed by atoms with Gasteiger partial charge in [-0.25, -0.2) is 9.78 Å². The van der Waals surface area contributed by atoms with Gasteiger partial charge < -0.3 is 20.7 Å². The molecule has 0 saturated carbocycles. The summed E-state index contributed by atoms with van der Waals surface area (Å²) in [6.45, 7) is -0.198. The van der Waals surface area contributed by atoms with Crippen LogP contribution in [0.1, 0.15) is 23.2 Å². The smallest absolute Gasteiger partial charge is 0.426 e. The number of alkyl halides is 6. The third-order valence-electron chi connectivity index (χ3n) is 3.97. The molecule has 1 aromatic heterocycles. The van der Waals surface area contributed by atoms with Gasteiger partial charge in [-0.15, -0.1) is 0 Å². The zero-order valence-electron chi connectivity index (χ0n) is 14.2. The van der Waals surface area contributed by atoms with Crippen LogP contribution >= 0.6 is 0 Å². The molecule has 7 nitrogen and oxygen atoms in total. The lowest BCUT2D eigenvalue weighted by atomic mass is 10.1. The predicted molar refractivity (Wildman–Crippen MR) is 83.4 cm³/mol. The van der Waals surface area contributed by atoms with Crippen molar-refractivity contribution in [1.29, 1.82) is 0 Å². The number of carbonyl (C=O) groups excluding carboxylic acids is 2. The second kappa shape index (κ2) is 8.10. The molecule has 2 rings (SSSR count). The molecule has 156 valence electrons. The van der Waals surface area contributed by atoms with E-state index in [1.54, 1.807) is 0 Å². The van der Waals surface area contributed by atoms with Gasteiger partial charge in [-0.05, 0) is 25.0 Å². The number of amides is 2. The third-order valence-corrected chi connectivity index (χ3v) is 3.97. The van der Waals surface area contributed by atoms with Crippen molar-refractivity contribution in [3.63, 3.8) is 0 Å². The van der Waals surface area contributed by atoms with Crippen molar-refractivity contribution in [2.75, 3.05) is 18.4 Å². The van der Waals surface area contributed by atoms with E-state index in [2.05, 4.69) is 15.0 Å². The minimum Gasteiger partial charge on any atom is -0.426 e. The molecule has 28 heavy (non-hydrogen) atoms. The SMILES string of the molecule is NC(=O)c1ccc(NC2CCN(C(=O)OC(C(F)(F)F)C(F)(F)F)CC2)nc1. The average molecular weight is 414 g/mol. The average Bonchev–Trinajstić information content (AvgIpc) is 2.58. The monoisotopic (exact) mass is 414 g/mol. The molecule has 3 N–H and O–H groups in total. The van der Waals surface area contributed by atoms with Gasteiger partial charge >= 0.3 is 18.4 Å². The van der Waals surface area contributed by atoms with E-state index in [0.717, 1.165) is 4.90 Å². The summed E-state index contributed by atoms with van der Waals surface area (Å²) in [6, 6.07) is 2.72. The second-order valence-corrected chi connectivity index (χ2v) is 6.05.